The summed E-state index contributed by atoms with van der Waals surface area (Å²) in [7, 11) is 2.05. The van der Waals surface area contributed by atoms with E-state index in [-0.39, 0.29) is 42.4 Å². The largest absolute Gasteiger partial charge is 0.486 e. The molecule has 3 aromatic carbocycles. The SMILES string of the molecule is C[C@@H]1CN([C@@H](C)CO)C(=O)c2cccc(NC(=O)C3CC3)c2O[C@H]1CN(C)Cc1ccc(Oc2ccccc2)cc1. The number of anilines is 1. The van der Waals surface area contributed by atoms with Gasteiger partial charge < -0.3 is 24.8 Å². The Hall–Kier alpha value is -3.88. The molecular weight excluding hydrogens is 518 g/mol. The second-order valence-corrected chi connectivity index (χ2v) is 11.3. The Balaban J connectivity index is 1.34. The van der Waals surface area contributed by atoms with Crippen LogP contribution in [0.3, 0.4) is 0 Å². The summed E-state index contributed by atoms with van der Waals surface area (Å²) in [5.74, 6) is 1.71. The summed E-state index contributed by atoms with van der Waals surface area (Å²) in [6, 6.07) is 22.7. The van der Waals surface area contributed by atoms with Crippen molar-refractivity contribution in [1.82, 2.24) is 9.80 Å². The first-order chi connectivity index (χ1) is 19.8. The van der Waals surface area contributed by atoms with E-state index in [0.717, 1.165) is 29.9 Å². The van der Waals surface area contributed by atoms with E-state index in [1.165, 1.54) is 0 Å². The van der Waals surface area contributed by atoms with E-state index in [1.54, 1.807) is 23.1 Å². The molecule has 0 spiro atoms. The second kappa shape index (κ2) is 12.7. The molecule has 41 heavy (non-hydrogen) atoms. The molecule has 2 amide bonds. The monoisotopic (exact) mass is 557 g/mol. The number of ether oxygens (including phenoxy) is 2. The smallest absolute Gasteiger partial charge is 0.258 e. The Morgan fingerprint density at radius 2 is 1.78 bits per heavy atom. The number of fused-ring (bicyclic) bond motifs is 1. The summed E-state index contributed by atoms with van der Waals surface area (Å²) in [6.45, 7) is 5.51. The van der Waals surface area contributed by atoms with Crippen molar-refractivity contribution in [2.45, 2.75) is 45.4 Å². The predicted molar refractivity (Wildman–Crippen MR) is 158 cm³/mol. The third-order valence-electron chi connectivity index (χ3n) is 7.74. The van der Waals surface area contributed by atoms with Crippen LogP contribution in [-0.4, -0.2) is 65.6 Å². The minimum absolute atomic E-state index is 0.0198. The van der Waals surface area contributed by atoms with E-state index in [2.05, 4.69) is 29.3 Å². The first-order valence-corrected chi connectivity index (χ1v) is 14.3. The molecule has 0 bridgehead atoms. The molecule has 216 valence electrons. The van der Waals surface area contributed by atoms with Gasteiger partial charge in [-0.3, -0.25) is 14.5 Å². The number of hydrogen-bond donors (Lipinski definition) is 2. The van der Waals surface area contributed by atoms with Gasteiger partial charge in [-0.2, -0.15) is 0 Å². The minimum Gasteiger partial charge on any atom is -0.486 e. The van der Waals surface area contributed by atoms with Crippen molar-refractivity contribution in [1.29, 1.82) is 0 Å². The number of carbonyl (C=O) groups excluding carboxylic acids is 2. The molecule has 5 rings (SSSR count). The third-order valence-corrected chi connectivity index (χ3v) is 7.74. The molecule has 2 N–H and O–H groups in total. The topological polar surface area (TPSA) is 91.3 Å². The summed E-state index contributed by atoms with van der Waals surface area (Å²) in [5.41, 5.74) is 2.04. The average molecular weight is 558 g/mol. The Kier molecular flexibility index (Phi) is 8.90. The van der Waals surface area contributed by atoms with Crippen LogP contribution in [-0.2, 0) is 11.3 Å². The third kappa shape index (κ3) is 7.07. The van der Waals surface area contributed by atoms with Gasteiger partial charge in [0.25, 0.3) is 5.91 Å². The zero-order valence-electron chi connectivity index (χ0n) is 24.0. The van der Waals surface area contributed by atoms with Crippen molar-refractivity contribution in [3.05, 3.63) is 83.9 Å². The highest BCUT2D eigenvalue weighted by molar-refractivity contribution is 6.02. The number of amides is 2. The number of carbonyl (C=O) groups is 2. The van der Waals surface area contributed by atoms with E-state index < -0.39 is 0 Å². The molecule has 8 nitrogen and oxygen atoms in total. The van der Waals surface area contributed by atoms with Gasteiger partial charge in [-0.05, 0) is 68.8 Å². The van der Waals surface area contributed by atoms with E-state index in [1.807, 2.05) is 56.4 Å². The lowest BCUT2D eigenvalue weighted by Crippen LogP contribution is -2.49. The standard InChI is InChI=1S/C33H39N3O5/c1-22-18-36(23(2)21-37)33(39)28-10-7-11-29(34-32(38)25-14-15-25)31(28)41-30(22)20-35(3)19-24-12-16-27(17-13-24)40-26-8-5-4-6-9-26/h4-13,16-17,22-23,25,30,37H,14-15,18-21H2,1-3H3,(H,34,38)/t22-,23+,30+/m1/s1. The van der Waals surface area contributed by atoms with E-state index in [0.29, 0.717) is 36.6 Å². The van der Waals surface area contributed by atoms with Gasteiger partial charge in [0.2, 0.25) is 5.91 Å². The van der Waals surface area contributed by atoms with Crippen molar-refractivity contribution in [2.24, 2.45) is 11.8 Å². The summed E-state index contributed by atoms with van der Waals surface area (Å²) in [4.78, 5) is 30.2. The van der Waals surface area contributed by atoms with Gasteiger partial charge >= 0.3 is 0 Å². The predicted octanol–water partition coefficient (Wildman–Crippen LogP) is 5.18. The molecule has 0 aromatic heterocycles. The molecule has 1 aliphatic carbocycles. The normalized spacial score (nSPS) is 19.5. The molecule has 1 fully saturated rings. The Morgan fingerprint density at radius 1 is 1.07 bits per heavy atom. The summed E-state index contributed by atoms with van der Waals surface area (Å²) in [5, 5.41) is 12.9. The number of aliphatic hydroxyl groups excluding tert-OH is 1. The molecule has 1 heterocycles. The lowest BCUT2D eigenvalue weighted by Gasteiger charge is -2.38. The molecule has 0 saturated heterocycles. The molecule has 8 heteroatoms. The first-order valence-electron chi connectivity index (χ1n) is 14.3. The van der Waals surface area contributed by atoms with Crippen LogP contribution in [0.2, 0.25) is 0 Å². The first kappa shape index (κ1) is 28.6. The number of nitrogens with zero attached hydrogens (tertiary/aromatic N) is 2. The Bertz CT molecular complexity index is 1340. The van der Waals surface area contributed by atoms with Crippen LogP contribution < -0.4 is 14.8 Å². The van der Waals surface area contributed by atoms with Crippen molar-refractivity contribution in [3.63, 3.8) is 0 Å². The van der Waals surface area contributed by atoms with Crippen LogP contribution in [0.4, 0.5) is 5.69 Å². The van der Waals surface area contributed by atoms with E-state index in [4.69, 9.17) is 9.47 Å². The van der Waals surface area contributed by atoms with Crippen molar-refractivity contribution in [3.8, 4) is 17.2 Å². The average Bonchev–Trinajstić information content (AvgIpc) is 3.82. The molecule has 2 aliphatic rings. The highest BCUT2D eigenvalue weighted by Crippen LogP contribution is 2.37. The molecule has 0 radical (unpaired) electrons. The van der Waals surface area contributed by atoms with Crippen molar-refractivity contribution < 1.29 is 24.2 Å². The molecular formula is C33H39N3O5. The lowest BCUT2D eigenvalue weighted by molar-refractivity contribution is -0.117. The number of nitrogens with one attached hydrogen (secondary N) is 1. The zero-order chi connectivity index (χ0) is 28.9. The molecule has 0 unspecified atom stereocenters. The maximum atomic E-state index is 13.6. The highest BCUT2D eigenvalue weighted by Gasteiger charge is 2.36. The molecule has 1 saturated carbocycles. The van der Waals surface area contributed by atoms with Crippen LogP contribution in [0, 0.1) is 11.8 Å². The molecule has 1 aliphatic heterocycles. The van der Waals surface area contributed by atoms with Crippen molar-refractivity contribution >= 4 is 17.5 Å². The van der Waals surface area contributed by atoms with Gasteiger partial charge in [0.05, 0.1) is 23.9 Å². The quantitative estimate of drug-likeness (QED) is 0.357. The Morgan fingerprint density at radius 3 is 2.46 bits per heavy atom. The number of aliphatic hydroxyl groups is 1. The Labute approximate surface area is 241 Å². The number of benzene rings is 3. The number of likely N-dealkylation sites (N-methyl/N-ethyl adjacent to an activating group) is 1. The molecule has 3 aromatic rings. The van der Waals surface area contributed by atoms with Gasteiger partial charge in [0.1, 0.15) is 17.6 Å². The summed E-state index contributed by atoms with van der Waals surface area (Å²) >= 11 is 0. The summed E-state index contributed by atoms with van der Waals surface area (Å²) < 4.78 is 12.5. The van der Waals surface area contributed by atoms with Crippen LogP contribution in [0.1, 0.15) is 42.6 Å². The maximum absolute atomic E-state index is 13.6. The maximum Gasteiger partial charge on any atom is 0.258 e. The lowest BCUT2D eigenvalue weighted by atomic mass is 9.98. The van der Waals surface area contributed by atoms with Gasteiger partial charge in [-0.1, -0.05) is 43.3 Å². The minimum atomic E-state index is -0.351. The van der Waals surface area contributed by atoms with Crippen LogP contribution >= 0.6 is 0 Å². The van der Waals surface area contributed by atoms with Crippen molar-refractivity contribution in [2.75, 3.05) is 32.1 Å². The fraction of sp³-hybridized carbons (Fsp3) is 0.394. The molecule has 3 atom stereocenters. The zero-order valence-corrected chi connectivity index (χ0v) is 24.0. The van der Waals surface area contributed by atoms with Gasteiger partial charge in [0, 0.05) is 31.5 Å². The fourth-order valence-electron chi connectivity index (χ4n) is 5.11. The number of hydrogen-bond acceptors (Lipinski definition) is 6. The second-order valence-electron chi connectivity index (χ2n) is 11.3. The fourth-order valence-corrected chi connectivity index (χ4v) is 5.11. The highest BCUT2D eigenvalue weighted by atomic mass is 16.5. The van der Waals surface area contributed by atoms with Crippen LogP contribution in [0.5, 0.6) is 17.2 Å². The number of rotatable bonds is 10. The van der Waals surface area contributed by atoms with E-state index >= 15 is 0 Å². The van der Waals surface area contributed by atoms with Crippen LogP contribution in [0.25, 0.3) is 0 Å². The summed E-state index contributed by atoms with van der Waals surface area (Å²) in [6.07, 6.45) is 1.50. The van der Waals surface area contributed by atoms with E-state index in [9.17, 15) is 14.7 Å². The number of para-hydroxylation sites is 2. The van der Waals surface area contributed by atoms with Crippen LogP contribution in [0.15, 0.2) is 72.8 Å². The van der Waals surface area contributed by atoms with Gasteiger partial charge in [-0.25, -0.2) is 0 Å². The van der Waals surface area contributed by atoms with Gasteiger partial charge in [-0.15, -0.1) is 0 Å². The van der Waals surface area contributed by atoms with Gasteiger partial charge in [0.15, 0.2) is 5.75 Å².